The maximum Gasteiger partial charge on any atom is 0.250 e. The first-order valence-electron chi connectivity index (χ1n) is 10.3. The molecule has 0 aliphatic heterocycles. The Bertz CT molecular complexity index is 780. The molecule has 5 nitrogen and oxygen atoms in total. The molecular formula is C24H33NO4S. The Kier molecular flexibility index (Phi) is 10.0. The van der Waals surface area contributed by atoms with Crippen LogP contribution in [0.25, 0.3) is 0 Å². The number of carbonyl (C=O) groups is 1. The van der Waals surface area contributed by atoms with Gasteiger partial charge in [0, 0.05) is 17.2 Å². The first kappa shape index (κ1) is 24.1. The lowest BCUT2D eigenvalue weighted by Gasteiger charge is -2.20. The van der Waals surface area contributed by atoms with Gasteiger partial charge < -0.3 is 19.5 Å². The smallest absolute Gasteiger partial charge is 0.250 e. The van der Waals surface area contributed by atoms with E-state index in [4.69, 9.17) is 14.2 Å². The molecule has 2 aromatic rings. The largest absolute Gasteiger partial charge is 0.493 e. The number of ether oxygens (including phenoxy) is 3. The van der Waals surface area contributed by atoms with Crippen molar-refractivity contribution in [2.45, 2.75) is 57.3 Å². The zero-order valence-electron chi connectivity index (χ0n) is 18.5. The molecule has 0 unspecified atom stereocenters. The predicted octanol–water partition coefficient (Wildman–Crippen LogP) is 4.73. The van der Waals surface area contributed by atoms with Crippen LogP contribution in [-0.2, 0) is 16.0 Å². The summed E-state index contributed by atoms with van der Waals surface area (Å²) in [4.78, 5) is 13.8. The van der Waals surface area contributed by atoms with E-state index in [1.54, 1.807) is 18.9 Å². The van der Waals surface area contributed by atoms with Crippen molar-refractivity contribution in [2.24, 2.45) is 0 Å². The first-order chi connectivity index (χ1) is 14.4. The van der Waals surface area contributed by atoms with Gasteiger partial charge in [-0.05, 0) is 63.9 Å². The number of benzene rings is 2. The van der Waals surface area contributed by atoms with Crippen molar-refractivity contribution in [2.75, 3.05) is 19.4 Å². The minimum absolute atomic E-state index is 0.0186. The van der Waals surface area contributed by atoms with Gasteiger partial charge in [0.2, 0.25) is 5.91 Å². The van der Waals surface area contributed by atoms with Crippen LogP contribution in [0.2, 0.25) is 0 Å². The highest BCUT2D eigenvalue weighted by Crippen LogP contribution is 2.29. The van der Waals surface area contributed by atoms with Gasteiger partial charge in [-0.1, -0.05) is 24.3 Å². The highest BCUT2D eigenvalue weighted by molar-refractivity contribution is 7.99. The summed E-state index contributed by atoms with van der Waals surface area (Å²) in [6.45, 7) is 8.38. The molecule has 1 amide bonds. The Morgan fingerprint density at radius 2 is 1.73 bits per heavy atom. The third kappa shape index (κ3) is 8.28. The molecule has 1 N–H and O–H groups in total. The second kappa shape index (κ2) is 12.5. The van der Waals surface area contributed by atoms with Crippen LogP contribution in [0, 0.1) is 0 Å². The molecule has 2 rings (SSSR count). The van der Waals surface area contributed by atoms with Gasteiger partial charge in [0.1, 0.15) is 6.10 Å². The SMILES string of the molecule is COc1cc(CCNC(=O)[C@@H](CSc2ccccc2)OC(C)C)ccc1OC(C)C. The highest BCUT2D eigenvalue weighted by atomic mass is 32.2. The molecule has 0 aliphatic rings. The number of rotatable bonds is 12. The molecular weight excluding hydrogens is 398 g/mol. The van der Waals surface area contributed by atoms with Gasteiger partial charge in [0.15, 0.2) is 11.5 Å². The van der Waals surface area contributed by atoms with Crippen LogP contribution in [-0.4, -0.2) is 43.6 Å². The molecule has 1 atom stereocenters. The monoisotopic (exact) mass is 431 g/mol. The molecule has 0 aliphatic carbocycles. The molecule has 0 heterocycles. The summed E-state index contributed by atoms with van der Waals surface area (Å²) >= 11 is 1.62. The number of carbonyl (C=O) groups excluding carboxylic acids is 1. The van der Waals surface area contributed by atoms with E-state index in [0.717, 1.165) is 16.2 Å². The molecule has 30 heavy (non-hydrogen) atoms. The fraction of sp³-hybridized carbons (Fsp3) is 0.458. The second-order valence-corrected chi connectivity index (χ2v) is 8.58. The summed E-state index contributed by atoms with van der Waals surface area (Å²) in [6.07, 6.45) is 0.265. The summed E-state index contributed by atoms with van der Waals surface area (Å²) in [5.74, 6) is 1.92. The lowest BCUT2D eigenvalue weighted by atomic mass is 10.1. The van der Waals surface area contributed by atoms with Gasteiger partial charge >= 0.3 is 0 Å². The van der Waals surface area contributed by atoms with Crippen molar-refractivity contribution in [3.63, 3.8) is 0 Å². The van der Waals surface area contributed by atoms with Crippen molar-refractivity contribution in [1.82, 2.24) is 5.32 Å². The van der Waals surface area contributed by atoms with Gasteiger partial charge in [-0.25, -0.2) is 0 Å². The molecule has 164 valence electrons. The molecule has 6 heteroatoms. The Labute approximate surface area is 184 Å². The summed E-state index contributed by atoms with van der Waals surface area (Å²) in [6, 6.07) is 15.9. The fourth-order valence-corrected chi connectivity index (χ4v) is 3.78. The van der Waals surface area contributed by atoms with E-state index in [1.165, 1.54) is 0 Å². The van der Waals surface area contributed by atoms with E-state index in [-0.39, 0.29) is 18.1 Å². The lowest BCUT2D eigenvalue weighted by molar-refractivity contribution is -0.133. The fourth-order valence-electron chi connectivity index (χ4n) is 2.86. The van der Waals surface area contributed by atoms with E-state index in [2.05, 4.69) is 5.32 Å². The Balaban J connectivity index is 1.89. The van der Waals surface area contributed by atoms with Crippen molar-refractivity contribution >= 4 is 17.7 Å². The number of amides is 1. The predicted molar refractivity (Wildman–Crippen MR) is 123 cm³/mol. The molecule has 2 aromatic carbocycles. The van der Waals surface area contributed by atoms with Gasteiger partial charge in [-0.2, -0.15) is 0 Å². The molecule has 0 saturated carbocycles. The van der Waals surface area contributed by atoms with Gasteiger partial charge in [0.25, 0.3) is 0 Å². The van der Waals surface area contributed by atoms with Gasteiger partial charge in [0.05, 0.1) is 19.3 Å². The summed E-state index contributed by atoms with van der Waals surface area (Å²) in [5, 5.41) is 3.01. The van der Waals surface area contributed by atoms with Crippen LogP contribution < -0.4 is 14.8 Å². The molecule has 0 aromatic heterocycles. The van der Waals surface area contributed by atoms with Crippen molar-refractivity contribution < 1.29 is 19.0 Å². The minimum atomic E-state index is -0.494. The van der Waals surface area contributed by atoms with Crippen LogP contribution in [0.4, 0.5) is 0 Å². The van der Waals surface area contributed by atoms with E-state index >= 15 is 0 Å². The maximum atomic E-state index is 12.7. The van der Waals surface area contributed by atoms with Crippen LogP contribution in [0.3, 0.4) is 0 Å². The third-order valence-electron chi connectivity index (χ3n) is 4.18. The molecule has 0 bridgehead atoms. The van der Waals surface area contributed by atoms with Crippen LogP contribution in [0.5, 0.6) is 11.5 Å². The number of hydrogen-bond acceptors (Lipinski definition) is 5. The topological polar surface area (TPSA) is 56.8 Å². The number of methoxy groups -OCH3 is 1. The van der Waals surface area contributed by atoms with Crippen molar-refractivity contribution in [3.8, 4) is 11.5 Å². The van der Waals surface area contributed by atoms with E-state index < -0.39 is 6.10 Å². The summed E-state index contributed by atoms with van der Waals surface area (Å²) < 4.78 is 17.0. The Morgan fingerprint density at radius 3 is 2.37 bits per heavy atom. The summed E-state index contributed by atoms with van der Waals surface area (Å²) in [7, 11) is 1.63. The maximum absolute atomic E-state index is 12.7. The zero-order chi connectivity index (χ0) is 21.9. The number of thioether (sulfide) groups is 1. The Hall–Kier alpha value is -2.18. The molecule has 0 saturated heterocycles. The van der Waals surface area contributed by atoms with Crippen LogP contribution >= 0.6 is 11.8 Å². The summed E-state index contributed by atoms with van der Waals surface area (Å²) in [5.41, 5.74) is 1.07. The normalized spacial score (nSPS) is 12.1. The number of nitrogens with one attached hydrogen (secondary N) is 1. The first-order valence-corrected chi connectivity index (χ1v) is 11.3. The van der Waals surface area contributed by atoms with E-state index in [1.807, 2.05) is 76.2 Å². The van der Waals surface area contributed by atoms with Gasteiger partial charge in [-0.15, -0.1) is 11.8 Å². The lowest BCUT2D eigenvalue weighted by Crippen LogP contribution is -2.40. The average molecular weight is 432 g/mol. The Morgan fingerprint density at radius 1 is 1.00 bits per heavy atom. The van der Waals surface area contributed by atoms with Crippen LogP contribution in [0.1, 0.15) is 33.3 Å². The van der Waals surface area contributed by atoms with Gasteiger partial charge in [-0.3, -0.25) is 4.79 Å². The molecule has 0 radical (unpaired) electrons. The molecule has 0 fully saturated rings. The van der Waals surface area contributed by atoms with Crippen molar-refractivity contribution in [1.29, 1.82) is 0 Å². The van der Waals surface area contributed by atoms with Crippen molar-refractivity contribution in [3.05, 3.63) is 54.1 Å². The highest BCUT2D eigenvalue weighted by Gasteiger charge is 2.20. The second-order valence-electron chi connectivity index (χ2n) is 7.49. The average Bonchev–Trinajstić information content (AvgIpc) is 2.72. The standard InChI is InChI=1S/C24H33NO4S/c1-17(2)28-21-12-11-19(15-22(21)27-5)13-14-25-24(26)23(29-18(3)4)16-30-20-9-7-6-8-10-20/h6-12,15,17-18,23H,13-14,16H2,1-5H3,(H,25,26)/t23-/m1/s1. The van der Waals surface area contributed by atoms with E-state index in [9.17, 15) is 4.79 Å². The number of hydrogen-bond donors (Lipinski definition) is 1. The molecule has 0 spiro atoms. The van der Waals surface area contributed by atoms with E-state index in [0.29, 0.717) is 24.5 Å². The zero-order valence-corrected chi connectivity index (χ0v) is 19.3. The minimum Gasteiger partial charge on any atom is -0.493 e. The third-order valence-corrected chi connectivity index (χ3v) is 5.25. The van der Waals surface area contributed by atoms with Crippen LogP contribution in [0.15, 0.2) is 53.4 Å². The quantitative estimate of drug-likeness (QED) is 0.493.